The van der Waals surface area contributed by atoms with Crippen molar-refractivity contribution in [1.29, 1.82) is 0 Å². The van der Waals surface area contributed by atoms with Crippen molar-refractivity contribution in [3.05, 3.63) is 35.4 Å². The first kappa shape index (κ1) is 26.7. The molecule has 2 atom stereocenters. The molecule has 2 unspecified atom stereocenters. The number of ether oxygens (including phenoxy) is 1. The maximum absolute atomic E-state index is 12.4. The van der Waals surface area contributed by atoms with E-state index >= 15 is 0 Å². The van der Waals surface area contributed by atoms with Crippen molar-refractivity contribution in [2.45, 2.75) is 71.6 Å². The van der Waals surface area contributed by atoms with Gasteiger partial charge in [-0.1, -0.05) is 38.8 Å². The van der Waals surface area contributed by atoms with Gasteiger partial charge in [-0.3, -0.25) is 9.79 Å². The molecule has 1 aliphatic heterocycles. The van der Waals surface area contributed by atoms with Crippen molar-refractivity contribution in [2.75, 3.05) is 20.2 Å². The summed E-state index contributed by atoms with van der Waals surface area (Å²) in [6.07, 6.45) is 5.84. The molecule has 1 heterocycles. The first-order valence-electron chi connectivity index (χ1n) is 10.9. The third-order valence-electron chi connectivity index (χ3n) is 5.19. The zero-order valence-corrected chi connectivity index (χ0v) is 21.2. The number of hydrogen-bond acceptors (Lipinski definition) is 3. The SMILES string of the molecule is CN=C(NCc1cccc(C(=O)NCC2CCCO2)c1)NC(C)CCCC(C)C.I. The molecule has 0 bridgehead atoms. The fourth-order valence-electron chi connectivity index (χ4n) is 3.45. The van der Waals surface area contributed by atoms with E-state index in [0.717, 1.165) is 43.3 Å². The number of carbonyl (C=O) groups excluding carboxylic acids is 1. The van der Waals surface area contributed by atoms with Gasteiger partial charge in [-0.25, -0.2) is 0 Å². The standard InChI is InChI=1S/C23H38N4O2.HI/c1-17(2)8-5-9-18(3)27-23(24-4)26-15-19-10-6-11-20(14-19)22(28)25-16-21-12-7-13-29-21;/h6,10-11,14,17-18,21H,5,7-9,12-13,15-16H2,1-4H3,(H,25,28)(H2,24,26,27);1H. The first-order chi connectivity index (χ1) is 14.0. The van der Waals surface area contributed by atoms with E-state index in [2.05, 4.69) is 41.7 Å². The lowest BCUT2D eigenvalue weighted by atomic mass is 10.0. The lowest BCUT2D eigenvalue weighted by Gasteiger charge is -2.18. The van der Waals surface area contributed by atoms with E-state index in [9.17, 15) is 4.79 Å². The molecule has 7 heteroatoms. The molecular weight excluding hydrogens is 491 g/mol. The maximum atomic E-state index is 12.4. The summed E-state index contributed by atoms with van der Waals surface area (Å²) in [7, 11) is 1.78. The lowest BCUT2D eigenvalue weighted by molar-refractivity contribution is 0.0857. The Kier molecular flexibility index (Phi) is 13.0. The average Bonchev–Trinajstić information content (AvgIpc) is 3.23. The van der Waals surface area contributed by atoms with Crippen molar-refractivity contribution in [2.24, 2.45) is 10.9 Å². The number of hydrogen-bond donors (Lipinski definition) is 3. The first-order valence-corrected chi connectivity index (χ1v) is 10.9. The highest BCUT2D eigenvalue weighted by atomic mass is 127. The number of nitrogens with one attached hydrogen (secondary N) is 3. The van der Waals surface area contributed by atoms with Crippen LogP contribution in [-0.2, 0) is 11.3 Å². The fraction of sp³-hybridized carbons (Fsp3) is 0.652. The smallest absolute Gasteiger partial charge is 0.251 e. The van der Waals surface area contributed by atoms with Crippen LogP contribution in [0.1, 0.15) is 68.8 Å². The van der Waals surface area contributed by atoms with Crippen LogP contribution in [0.5, 0.6) is 0 Å². The summed E-state index contributed by atoms with van der Waals surface area (Å²) in [5.74, 6) is 1.48. The predicted octanol–water partition coefficient (Wildman–Crippen LogP) is 4.09. The Morgan fingerprint density at radius 1 is 1.23 bits per heavy atom. The highest BCUT2D eigenvalue weighted by Crippen LogP contribution is 2.11. The quantitative estimate of drug-likeness (QED) is 0.242. The predicted molar refractivity (Wildman–Crippen MR) is 135 cm³/mol. The van der Waals surface area contributed by atoms with Gasteiger partial charge in [0, 0.05) is 38.3 Å². The van der Waals surface area contributed by atoms with Gasteiger partial charge >= 0.3 is 0 Å². The summed E-state index contributed by atoms with van der Waals surface area (Å²) in [5.41, 5.74) is 1.72. The topological polar surface area (TPSA) is 74.8 Å². The molecule has 3 N–H and O–H groups in total. The third kappa shape index (κ3) is 10.1. The largest absolute Gasteiger partial charge is 0.376 e. The van der Waals surface area contributed by atoms with E-state index < -0.39 is 0 Å². The summed E-state index contributed by atoms with van der Waals surface area (Å²) < 4.78 is 5.56. The summed E-state index contributed by atoms with van der Waals surface area (Å²) >= 11 is 0. The molecule has 6 nitrogen and oxygen atoms in total. The Labute approximate surface area is 199 Å². The average molecular weight is 530 g/mol. The number of benzene rings is 1. The van der Waals surface area contributed by atoms with Crippen LogP contribution < -0.4 is 16.0 Å². The van der Waals surface area contributed by atoms with Gasteiger partial charge in [0.25, 0.3) is 5.91 Å². The monoisotopic (exact) mass is 530 g/mol. The van der Waals surface area contributed by atoms with E-state index in [1.165, 1.54) is 12.8 Å². The number of rotatable bonds is 10. The van der Waals surface area contributed by atoms with Crippen LogP contribution in [0.25, 0.3) is 0 Å². The molecule has 1 aromatic rings. The third-order valence-corrected chi connectivity index (χ3v) is 5.19. The van der Waals surface area contributed by atoms with Gasteiger partial charge in [-0.05, 0) is 49.8 Å². The summed E-state index contributed by atoms with van der Waals surface area (Å²) in [6.45, 7) is 8.70. The van der Waals surface area contributed by atoms with Gasteiger partial charge in [0.15, 0.2) is 5.96 Å². The van der Waals surface area contributed by atoms with Crippen molar-refractivity contribution >= 4 is 35.8 Å². The van der Waals surface area contributed by atoms with Crippen molar-refractivity contribution in [3.8, 4) is 0 Å². The van der Waals surface area contributed by atoms with Crippen molar-refractivity contribution < 1.29 is 9.53 Å². The molecule has 0 aromatic heterocycles. The van der Waals surface area contributed by atoms with Gasteiger partial charge in [0.2, 0.25) is 0 Å². The molecular formula is C23H39IN4O2. The molecule has 1 aliphatic rings. The highest BCUT2D eigenvalue weighted by molar-refractivity contribution is 14.0. The molecule has 1 saturated heterocycles. The summed E-state index contributed by atoms with van der Waals surface area (Å²) in [4.78, 5) is 16.7. The van der Waals surface area contributed by atoms with Crippen LogP contribution >= 0.6 is 24.0 Å². The Morgan fingerprint density at radius 2 is 2.03 bits per heavy atom. The van der Waals surface area contributed by atoms with E-state index in [1.807, 2.05) is 24.3 Å². The molecule has 1 fully saturated rings. The number of carbonyl (C=O) groups is 1. The summed E-state index contributed by atoms with van der Waals surface area (Å²) in [6, 6.07) is 8.08. The normalized spacial score (nSPS) is 17.4. The second-order valence-corrected chi connectivity index (χ2v) is 8.34. The molecule has 1 aromatic carbocycles. The molecule has 1 amide bonds. The lowest BCUT2D eigenvalue weighted by Crippen LogP contribution is -2.41. The van der Waals surface area contributed by atoms with Gasteiger partial charge < -0.3 is 20.7 Å². The number of halogens is 1. The minimum atomic E-state index is -0.0522. The molecule has 0 spiro atoms. The van der Waals surface area contributed by atoms with Crippen molar-refractivity contribution in [1.82, 2.24) is 16.0 Å². The van der Waals surface area contributed by atoms with Crippen LogP contribution in [0.2, 0.25) is 0 Å². The molecule has 30 heavy (non-hydrogen) atoms. The van der Waals surface area contributed by atoms with Gasteiger partial charge in [0.05, 0.1) is 6.10 Å². The second kappa shape index (κ2) is 14.6. The zero-order valence-electron chi connectivity index (χ0n) is 18.9. The van der Waals surface area contributed by atoms with Gasteiger partial charge in [-0.2, -0.15) is 0 Å². The minimum Gasteiger partial charge on any atom is -0.376 e. The number of guanidine groups is 1. The second-order valence-electron chi connectivity index (χ2n) is 8.34. The highest BCUT2D eigenvalue weighted by Gasteiger charge is 2.16. The van der Waals surface area contributed by atoms with Crippen LogP contribution in [-0.4, -0.2) is 44.2 Å². The molecule has 2 rings (SSSR count). The maximum Gasteiger partial charge on any atom is 0.251 e. The molecule has 0 radical (unpaired) electrons. The van der Waals surface area contributed by atoms with E-state index in [4.69, 9.17) is 4.74 Å². The minimum absolute atomic E-state index is 0. The number of amides is 1. The van der Waals surface area contributed by atoms with Crippen LogP contribution in [0, 0.1) is 5.92 Å². The van der Waals surface area contributed by atoms with E-state index in [0.29, 0.717) is 24.7 Å². The molecule has 0 aliphatic carbocycles. The van der Waals surface area contributed by atoms with E-state index in [1.54, 1.807) is 7.05 Å². The molecule has 0 saturated carbocycles. The van der Waals surface area contributed by atoms with Crippen LogP contribution in [0.3, 0.4) is 0 Å². The van der Waals surface area contributed by atoms with Gasteiger partial charge in [0.1, 0.15) is 0 Å². The Morgan fingerprint density at radius 3 is 2.70 bits per heavy atom. The van der Waals surface area contributed by atoms with E-state index in [-0.39, 0.29) is 36.0 Å². The Bertz CT molecular complexity index is 660. The van der Waals surface area contributed by atoms with Gasteiger partial charge in [-0.15, -0.1) is 24.0 Å². The molecule has 170 valence electrons. The number of aliphatic imine (C=N–C) groups is 1. The fourth-order valence-corrected chi connectivity index (χ4v) is 3.45. The Balaban J connectivity index is 0.00000450. The van der Waals surface area contributed by atoms with Crippen LogP contribution in [0.4, 0.5) is 0 Å². The Hall–Kier alpha value is -1.35. The number of nitrogens with zero attached hydrogens (tertiary/aromatic N) is 1. The summed E-state index contributed by atoms with van der Waals surface area (Å²) in [5, 5.41) is 9.77. The van der Waals surface area contributed by atoms with Crippen molar-refractivity contribution in [3.63, 3.8) is 0 Å². The van der Waals surface area contributed by atoms with Crippen LogP contribution in [0.15, 0.2) is 29.3 Å². The zero-order chi connectivity index (χ0) is 21.1.